The van der Waals surface area contributed by atoms with Crippen molar-refractivity contribution in [1.82, 2.24) is 0 Å². The lowest BCUT2D eigenvalue weighted by molar-refractivity contribution is 0.354. The Morgan fingerprint density at radius 2 is 1.70 bits per heavy atom. The first-order chi connectivity index (χ1) is 14.5. The molecule has 0 aromatic carbocycles. The Hall–Kier alpha value is -1.82. The van der Waals surface area contributed by atoms with E-state index >= 15 is 0 Å². The highest BCUT2D eigenvalue weighted by Crippen LogP contribution is 2.51. The molecule has 0 heteroatoms. The van der Waals surface area contributed by atoms with Crippen LogP contribution in [0.2, 0.25) is 0 Å². The summed E-state index contributed by atoms with van der Waals surface area (Å²) in [7, 11) is 0. The van der Waals surface area contributed by atoms with Gasteiger partial charge in [-0.3, -0.25) is 0 Å². The molecule has 0 aliphatic carbocycles. The lowest BCUT2D eigenvalue weighted by Gasteiger charge is -2.42. The Labute approximate surface area is 188 Å². The Balaban J connectivity index is 7.43. The molecule has 3 unspecified atom stereocenters. The van der Waals surface area contributed by atoms with Crippen molar-refractivity contribution in [3.8, 4) is 0 Å². The quantitative estimate of drug-likeness (QED) is 0.176. The number of hydrogen-bond donors (Lipinski definition) is 0. The molecule has 0 heterocycles. The highest BCUT2D eigenvalue weighted by molar-refractivity contribution is 5.44. The number of allylic oxidation sites excluding steroid dienone is 11. The molecule has 0 nitrogen and oxygen atoms in total. The average Bonchev–Trinajstić information content (AvgIpc) is 2.75. The summed E-state index contributed by atoms with van der Waals surface area (Å²) in [5.41, 5.74) is 4.39. The molecule has 0 aromatic heterocycles. The fourth-order valence-electron chi connectivity index (χ4n) is 4.71. The van der Waals surface area contributed by atoms with Gasteiger partial charge in [-0.1, -0.05) is 102 Å². The van der Waals surface area contributed by atoms with Crippen molar-refractivity contribution in [1.29, 1.82) is 0 Å². The third kappa shape index (κ3) is 7.46. The summed E-state index contributed by atoms with van der Waals surface area (Å²) in [6.45, 7) is 26.1. The zero-order valence-corrected chi connectivity index (χ0v) is 20.8. The van der Waals surface area contributed by atoms with Crippen molar-refractivity contribution < 1.29 is 0 Å². The van der Waals surface area contributed by atoms with E-state index in [0.29, 0.717) is 5.92 Å². The van der Waals surface area contributed by atoms with Crippen molar-refractivity contribution in [2.75, 3.05) is 0 Å². The van der Waals surface area contributed by atoms with Gasteiger partial charge in [0.05, 0.1) is 0 Å². The van der Waals surface area contributed by atoms with Crippen LogP contribution >= 0.6 is 0 Å². The van der Waals surface area contributed by atoms with Crippen LogP contribution in [0.3, 0.4) is 0 Å². The van der Waals surface area contributed by atoms with Gasteiger partial charge in [0.2, 0.25) is 0 Å². The molecule has 0 N–H and O–H groups in total. The van der Waals surface area contributed by atoms with E-state index in [4.69, 9.17) is 0 Å². The van der Waals surface area contributed by atoms with E-state index in [9.17, 15) is 0 Å². The molecule has 0 rings (SSSR count). The van der Waals surface area contributed by atoms with E-state index in [1.165, 1.54) is 16.7 Å². The third-order valence-corrected chi connectivity index (χ3v) is 6.17. The molecule has 0 fully saturated rings. The van der Waals surface area contributed by atoms with E-state index in [1.807, 2.05) is 0 Å². The predicted molar refractivity (Wildman–Crippen MR) is 140 cm³/mol. The van der Waals surface area contributed by atoms with Gasteiger partial charge in [-0.15, -0.1) is 19.7 Å². The SMILES string of the molecule is C=CCC(CCC)(C(=CC=CC)CC)C(=C(C=CCCC)C(C=C)CC)C(C)C=C. The maximum Gasteiger partial charge on any atom is 0.0169 e. The van der Waals surface area contributed by atoms with Crippen molar-refractivity contribution in [2.24, 2.45) is 17.3 Å². The summed E-state index contributed by atoms with van der Waals surface area (Å²) in [5, 5.41) is 0. The van der Waals surface area contributed by atoms with Crippen molar-refractivity contribution in [3.05, 3.63) is 85.1 Å². The van der Waals surface area contributed by atoms with Crippen molar-refractivity contribution in [3.63, 3.8) is 0 Å². The fourth-order valence-corrected chi connectivity index (χ4v) is 4.71. The van der Waals surface area contributed by atoms with Gasteiger partial charge in [0.15, 0.2) is 0 Å². The maximum atomic E-state index is 4.21. The lowest BCUT2D eigenvalue weighted by Crippen LogP contribution is -2.31. The topological polar surface area (TPSA) is 0 Å². The molecule has 0 aliphatic rings. The van der Waals surface area contributed by atoms with Crippen LogP contribution in [0.4, 0.5) is 0 Å². The second kappa shape index (κ2) is 15.9. The molecular formula is C30H48. The molecule has 30 heavy (non-hydrogen) atoms. The minimum absolute atomic E-state index is 0.0410. The third-order valence-electron chi connectivity index (χ3n) is 6.17. The molecule has 168 valence electrons. The highest BCUT2D eigenvalue weighted by Gasteiger charge is 2.39. The van der Waals surface area contributed by atoms with Gasteiger partial charge >= 0.3 is 0 Å². The molecule has 3 atom stereocenters. The van der Waals surface area contributed by atoms with Crippen LogP contribution in [-0.2, 0) is 0 Å². The minimum atomic E-state index is -0.0410. The van der Waals surface area contributed by atoms with E-state index < -0.39 is 0 Å². The van der Waals surface area contributed by atoms with Gasteiger partial charge in [-0.25, -0.2) is 0 Å². The summed E-state index contributed by atoms with van der Waals surface area (Å²) in [5.74, 6) is 0.628. The van der Waals surface area contributed by atoms with Crippen LogP contribution in [0.1, 0.15) is 86.5 Å². The van der Waals surface area contributed by atoms with Crippen LogP contribution in [0.25, 0.3) is 0 Å². The van der Waals surface area contributed by atoms with Crippen molar-refractivity contribution in [2.45, 2.75) is 86.5 Å². The number of unbranched alkanes of at least 4 members (excludes halogenated alkanes) is 1. The monoisotopic (exact) mass is 408 g/mol. The smallest absolute Gasteiger partial charge is 0.0169 e. The van der Waals surface area contributed by atoms with Crippen LogP contribution in [0, 0.1) is 17.3 Å². The van der Waals surface area contributed by atoms with Crippen LogP contribution in [0.5, 0.6) is 0 Å². The molecule has 0 aliphatic heterocycles. The zero-order chi connectivity index (χ0) is 23.0. The van der Waals surface area contributed by atoms with Crippen LogP contribution in [-0.4, -0.2) is 0 Å². The molecule has 0 amide bonds. The second-order valence-electron chi connectivity index (χ2n) is 8.23. The van der Waals surface area contributed by atoms with Gasteiger partial charge in [0.1, 0.15) is 0 Å². The Morgan fingerprint density at radius 1 is 1.00 bits per heavy atom. The fraction of sp³-hybridized carbons (Fsp3) is 0.533. The summed E-state index contributed by atoms with van der Waals surface area (Å²) in [6.07, 6.45) is 25.3. The van der Waals surface area contributed by atoms with Gasteiger partial charge in [0.25, 0.3) is 0 Å². The van der Waals surface area contributed by atoms with Crippen LogP contribution < -0.4 is 0 Å². The second-order valence-corrected chi connectivity index (χ2v) is 8.23. The van der Waals surface area contributed by atoms with Gasteiger partial charge < -0.3 is 0 Å². The first kappa shape index (κ1) is 28.2. The maximum absolute atomic E-state index is 4.21. The minimum Gasteiger partial charge on any atom is -0.103 e. The summed E-state index contributed by atoms with van der Waals surface area (Å²) in [4.78, 5) is 0. The Morgan fingerprint density at radius 3 is 2.13 bits per heavy atom. The first-order valence-corrected chi connectivity index (χ1v) is 12.1. The predicted octanol–water partition coefficient (Wildman–Crippen LogP) is 9.95. The number of rotatable bonds is 16. The standard InChI is InChI=1S/C30H48/c1-10-18-20-22-28(26(15-6)16-7)29(25(9)14-5)30(23-12-3,24-13-4)27(17-8)21-19-11-2/h11-12,14-15,19-22,25-26H,3,5-6,10,13,16-18,23-24H2,1-2,4,7-9H3. The van der Waals surface area contributed by atoms with Gasteiger partial charge in [0, 0.05) is 11.3 Å². The molecule has 0 aromatic rings. The summed E-state index contributed by atoms with van der Waals surface area (Å²) >= 11 is 0. The Bertz CT molecular complexity index is 637. The largest absolute Gasteiger partial charge is 0.103 e. The van der Waals surface area contributed by atoms with E-state index in [0.717, 1.165) is 44.9 Å². The van der Waals surface area contributed by atoms with E-state index in [2.05, 4.69) is 110 Å². The van der Waals surface area contributed by atoms with Gasteiger partial charge in [-0.2, -0.15) is 0 Å². The zero-order valence-electron chi connectivity index (χ0n) is 20.8. The molecule has 0 saturated heterocycles. The van der Waals surface area contributed by atoms with Crippen molar-refractivity contribution >= 4 is 0 Å². The highest BCUT2D eigenvalue weighted by atomic mass is 14.4. The lowest BCUT2D eigenvalue weighted by atomic mass is 9.61. The molecule has 0 saturated carbocycles. The number of hydrogen-bond acceptors (Lipinski definition) is 0. The molecule has 0 radical (unpaired) electrons. The molecular weight excluding hydrogens is 360 g/mol. The van der Waals surface area contributed by atoms with Crippen LogP contribution in [0.15, 0.2) is 85.1 Å². The van der Waals surface area contributed by atoms with E-state index in [1.54, 1.807) is 0 Å². The summed E-state index contributed by atoms with van der Waals surface area (Å²) in [6, 6.07) is 0. The first-order valence-electron chi connectivity index (χ1n) is 12.1. The molecule has 0 bridgehead atoms. The molecule has 0 spiro atoms. The average molecular weight is 409 g/mol. The summed E-state index contributed by atoms with van der Waals surface area (Å²) < 4.78 is 0. The normalized spacial score (nSPS) is 17.5. The van der Waals surface area contributed by atoms with Gasteiger partial charge in [-0.05, 0) is 56.1 Å². The Kier molecular flexibility index (Phi) is 15.0. The van der Waals surface area contributed by atoms with E-state index in [-0.39, 0.29) is 11.3 Å².